The van der Waals surface area contributed by atoms with Gasteiger partial charge in [0.2, 0.25) is 5.91 Å². The molecule has 104 valence electrons. The van der Waals surface area contributed by atoms with Gasteiger partial charge in [0.15, 0.2) is 0 Å². The van der Waals surface area contributed by atoms with Crippen LogP contribution in [0.15, 0.2) is 24.3 Å². The molecule has 0 aromatic heterocycles. The van der Waals surface area contributed by atoms with E-state index in [1.165, 1.54) is 0 Å². The first-order chi connectivity index (χ1) is 8.70. The lowest BCUT2D eigenvalue weighted by atomic mass is 9.88. The van der Waals surface area contributed by atoms with Crippen LogP contribution in [0.4, 0.5) is 0 Å². The molecule has 0 fully saturated rings. The highest BCUT2D eigenvalue weighted by atomic mass is 32.1. The summed E-state index contributed by atoms with van der Waals surface area (Å²) in [5.41, 5.74) is 7.37. The Morgan fingerprint density at radius 2 is 1.84 bits per heavy atom. The van der Waals surface area contributed by atoms with Crippen LogP contribution in [-0.4, -0.2) is 16.9 Å². The molecule has 3 N–H and O–H groups in total. The topological polar surface area (TPSA) is 55.1 Å². The molecule has 1 atom stereocenters. The maximum absolute atomic E-state index is 11.9. The highest BCUT2D eigenvalue weighted by Gasteiger charge is 2.21. The third kappa shape index (κ3) is 4.99. The van der Waals surface area contributed by atoms with Crippen LogP contribution in [-0.2, 0) is 11.2 Å². The van der Waals surface area contributed by atoms with E-state index in [1.807, 2.05) is 31.2 Å². The molecule has 0 bridgehead atoms. The monoisotopic (exact) mass is 278 g/mol. The molecule has 1 rings (SSSR count). The Kier molecular flexibility index (Phi) is 5.06. The zero-order chi connectivity index (χ0) is 14.6. The average Bonchev–Trinajstić information content (AvgIpc) is 2.28. The molecular formula is C15H22N2OS. The predicted molar refractivity (Wildman–Crippen MR) is 83.1 cm³/mol. The number of hydrogen-bond acceptors (Lipinski definition) is 2. The van der Waals surface area contributed by atoms with E-state index in [2.05, 4.69) is 26.1 Å². The maximum atomic E-state index is 11.9. The van der Waals surface area contributed by atoms with Crippen LogP contribution in [0.5, 0.6) is 0 Å². The van der Waals surface area contributed by atoms with Crippen LogP contribution in [0, 0.1) is 5.41 Å². The SMILES string of the molecule is CC(NC(=O)Cc1ccc(C(N)=S)cc1)C(C)(C)C. The van der Waals surface area contributed by atoms with Crippen molar-refractivity contribution in [3.8, 4) is 0 Å². The molecule has 0 aliphatic rings. The standard InChI is InChI=1S/C15H22N2OS/c1-10(15(2,3)4)17-13(18)9-11-5-7-12(8-6-11)14(16)19/h5-8,10H,9H2,1-4H3,(H2,16,19)(H,17,18). The van der Waals surface area contributed by atoms with Crippen molar-refractivity contribution in [2.75, 3.05) is 0 Å². The van der Waals surface area contributed by atoms with Crippen LogP contribution in [0.25, 0.3) is 0 Å². The molecule has 1 amide bonds. The van der Waals surface area contributed by atoms with E-state index in [4.69, 9.17) is 18.0 Å². The van der Waals surface area contributed by atoms with Crippen molar-refractivity contribution in [3.05, 3.63) is 35.4 Å². The van der Waals surface area contributed by atoms with Gasteiger partial charge in [-0.2, -0.15) is 0 Å². The number of nitrogens with two attached hydrogens (primary N) is 1. The summed E-state index contributed by atoms with van der Waals surface area (Å²) in [5.74, 6) is 0.0329. The summed E-state index contributed by atoms with van der Waals surface area (Å²) in [6.45, 7) is 8.34. The van der Waals surface area contributed by atoms with Gasteiger partial charge in [0.05, 0.1) is 6.42 Å². The normalized spacial score (nSPS) is 12.8. The maximum Gasteiger partial charge on any atom is 0.224 e. The van der Waals surface area contributed by atoms with E-state index in [0.717, 1.165) is 11.1 Å². The molecule has 0 saturated carbocycles. The summed E-state index contributed by atoms with van der Waals surface area (Å²) >= 11 is 4.89. The Morgan fingerprint density at radius 1 is 1.32 bits per heavy atom. The molecule has 0 heterocycles. The van der Waals surface area contributed by atoms with E-state index < -0.39 is 0 Å². The van der Waals surface area contributed by atoms with E-state index in [0.29, 0.717) is 11.4 Å². The van der Waals surface area contributed by atoms with Crippen molar-refractivity contribution >= 4 is 23.1 Å². The quantitative estimate of drug-likeness (QED) is 0.832. The number of rotatable bonds is 4. The van der Waals surface area contributed by atoms with Gasteiger partial charge >= 0.3 is 0 Å². The van der Waals surface area contributed by atoms with Gasteiger partial charge in [-0.3, -0.25) is 4.79 Å². The van der Waals surface area contributed by atoms with Crippen LogP contribution >= 0.6 is 12.2 Å². The van der Waals surface area contributed by atoms with Gasteiger partial charge in [0.25, 0.3) is 0 Å². The number of carbonyl (C=O) groups excluding carboxylic acids is 1. The number of nitrogens with one attached hydrogen (secondary N) is 1. The lowest BCUT2D eigenvalue weighted by molar-refractivity contribution is -0.121. The summed E-state index contributed by atoms with van der Waals surface area (Å²) in [4.78, 5) is 12.3. The summed E-state index contributed by atoms with van der Waals surface area (Å²) < 4.78 is 0. The van der Waals surface area contributed by atoms with Gasteiger partial charge in [-0.1, -0.05) is 57.3 Å². The highest BCUT2D eigenvalue weighted by Crippen LogP contribution is 2.18. The van der Waals surface area contributed by atoms with Crippen LogP contribution in [0.3, 0.4) is 0 Å². The van der Waals surface area contributed by atoms with E-state index >= 15 is 0 Å². The molecule has 0 aliphatic carbocycles. The fourth-order valence-electron chi connectivity index (χ4n) is 1.48. The number of thiocarbonyl (C=S) groups is 1. The Balaban J connectivity index is 2.60. The fraction of sp³-hybridized carbons (Fsp3) is 0.467. The molecule has 0 spiro atoms. The summed E-state index contributed by atoms with van der Waals surface area (Å²) in [6.07, 6.45) is 0.373. The zero-order valence-electron chi connectivity index (χ0n) is 12.0. The minimum Gasteiger partial charge on any atom is -0.389 e. The second-order valence-electron chi connectivity index (χ2n) is 5.89. The van der Waals surface area contributed by atoms with Gasteiger partial charge in [-0.05, 0) is 17.9 Å². The largest absolute Gasteiger partial charge is 0.389 e. The summed E-state index contributed by atoms with van der Waals surface area (Å²) in [7, 11) is 0. The van der Waals surface area contributed by atoms with Crippen LogP contribution in [0.1, 0.15) is 38.8 Å². The van der Waals surface area contributed by atoms with Gasteiger partial charge in [-0.25, -0.2) is 0 Å². The number of carbonyl (C=O) groups is 1. The minimum absolute atomic E-state index is 0.0329. The molecular weight excluding hydrogens is 256 g/mol. The van der Waals surface area contributed by atoms with E-state index in [1.54, 1.807) is 0 Å². The first-order valence-electron chi connectivity index (χ1n) is 6.38. The number of benzene rings is 1. The Bertz CT molecular complexity index is 460. The number of amides is 1. The Morgan fingerprint density at radius 3 is 2.26 bits per heavy atom. The van der Waals surface area contributed by atoms with Crippen molar-refractivity contribution in [2.45, 2.75) is 40.2 Å². The third-order valence-corrected chi connectivity index (χ3v) is 3.52. The molecule has 1 aromatic carbocycles. The van der Waals surface area contributed by atoms with Crippen molar-refractivity contribution in [1.82, 2.24) is 5.32 Å². The minimum atomic E-state index is 0.0329. The van der Waals surface area contributed by atoms with Crippen molar-refractivity contribution in [1.29, 1.82) is 0 Å². The Labute approximate surface area is 120 Å². The molecule has 19 heavy (non-hydrogen) atoms. The molecule has 0 aliphatic heterocycles. The van der Waals surface area contributed by atoms with Gasteiger partial charge in [0, 0.05) is 11.6 Å². The summed E-state index contributed by atoms with van der Waals surface area (Å²) in [6, 6.07) is 7.60. The van der Waals surface area contributed by atoms with Crippen molar-refractivity contribution in [2.24, 2.45) is 11.1 Å². The van der Waals surface area contributed by atoms with Gasteiger partial charge in [-0.15, -0.1) is 0 Å². The van der Waals surface area contributed by atoms with Crippen molar-refractivity contribution < 1.29 is 4.79 Å². The molecule has 0 radical (unpaired) electrons. The lowest BCUT2D eigenvalue weighted by Gasteiger charge is -2.28. The molecule has 0 saturated heterocycles. The van der Waals surface area contributed by atoms with Crippen LogP contribution < -0.4 is 11.1 Å². The lowest BCUT2D eigenvalue weighted by Crippen LogP contribution is -2.42. The highest BCUT2D eigenvalue weighted by molar-refractivity contribution is 7.80. The molecule has 1 aromatic rings. The first kappa shape index (κ1) is 15.6. The second-order valence-corrected chi connectivity index (χ2v) is 6.33. The predicted octanol–water partition coefficient (Wildman–Crippen LogP) is 2.41. The van der Waals surface area contributed by atoms with E-state index in [-0.39, 0.29) is 17.4 Å². The number of hydrogen-bond donors (Lipinski definition) is 2. The zero-order valence-corrected chi connectivity index (χ0v) is 12.8. The molecule has 4 heteroatoms. The van der Waals surface area contributed by atoms with Crippen molar-refractivity contribution in [3.63, 3.8) is 0 Å². The Hall–Kier alpha value is -1.42. The smallest absolute Gasteiger partial charge is 0.224 e. The average molecular weight is 278 g/mol. The third-order valence-electron chi connectivity index (χ3n) is 3.28. The molecule has 1 unspecified atom stereocenters. The van der Waals surface area contributed by atoms with Crippen LogP contribution in [0.2, 0.25) is 0 Å². The second kappa shape index (κ2) is 6.15. The fourth-order valence-corrected chi connectivity index (χ4v) is 1.62. The van der Waals surface area contributed by atoms with Gasteiger partial charge < -0.3 is 11.1 Å². The molecule has 3 nitrogen and oxygen atoms in total. The van der Waals surface area contributed by atoms with E-state index in [9.17, 15) is 4.79 Å². The van der Waals surface area contributed by atoms with Gasteiger partial charge in [0.1, 0.15) is 4.99 Å². The first-order valence-corrected chi connectivity index (χ1v) is 6.79. The summed E-state index contributed by atoms with van der Waals surface area (Å²) in [5, 5.41) is 3.02.